The van der Waals surface area contributed by atoms with Crippen LogP contribution in [0.15, 0.2) is 100 Å². The Morgan fingerprint density at radius 1 is 1.02 bits per heavy atom. The van der Waals surface area contributed by atoms with Crippen molar-refractivity contribution < 1.29 is 9.47 Å². The molecule has 6 rings (SSSR count). The van der Waals surface area contributed by atoms with E-state index >= 15 is 0 Å². The molecule has 0 unspecified atom stereocenters. The highest BCUT2D eigenvalue weighted by molar-refractivity contribution is 9.10. The number of methoxy groups -OCH3 is 1. The molecule has 40 heavy (non-hydrogen) atoms. The molecule has 4 aromatic carbocycles. The summed E-state index contributed by atoms with van der Waals surface area (Å²) in [5.41, 5.74) is 7.99. The quantitative estimate of drug-likeness (QED) is 0.167. The molecule has 0 aromatic heterocycles. The van der Waals surface area contributed by atoms with Gasteiger partial charge in [0.25, 0.3) is 0 Å². The van der Waals surface area contributed by atoms with Crippen molar-refractivity contribution >= 4 is 45.1 Å². The number of halogens is 2. The van der Waals surface area contributed by atoms with Crippen LogP contribution in [-0.2, 0) is 6.61 Å². The standard InChI is InChI=1S/C34H30BrClN2O2/c1-21-6-15-31-29(16-21)27-4-3-5-28(27)33(38-31)24-9-13-26(14-10-24)37-19-23-17-30(36)34(32(18-23)39-2)40-20-22-7-11-25(35)12-8-22/h3-4,6-19,27-28,33,38H,5,20H2,1-2H3/t27-,28-,33-/m0/s1. The number of allylic oxidation sites excluding steroid dienone is 2. The minimum atomic E-state index is 0.265. The van der Waals surface area contributed by atoms with Crippen molar-refractivity contribution in [1.29, 1.82) is 0 Å². The highest BCUT2D eigenvalue weighted by Crippen LogP contribution is 2.50. The van der Waals surface area contributed by atoms with Gasteiger partial charge < -0.3 is 14.8 Å². The predicted molar refractivity (Wildman–Crippen MR) is 168 cm³/mol. The lowest BCUT2D eigenvalue weighted by molar-refractivity contribution is 0.284. The van der Waals surface area contributed by atoms with Gasteiger partial charge in [0.1, 0.15) is 6.61 Å². The van der Waals surface area contributed by atoms with Crippen LogP contribution in [0.5, 0.6) is 11.5 Å². The van der Waals surface area contributed by atoms with Crippen molar-refractivity contribution in [3.05, 3.63) is 128 Å². The molecule has 0 bridgehead atoms. The molecule has 0 saturated heterocycles. The van der Waals surface area contributed by atoms with E-state index in [1.807, 2.05) is 36.4 Å². The predicted octanol–water partition coefficient (Wildman–Crippen LogP) is 9.58. The first-order chi connectivity index (χ1) is 19.5. The van der Waals surface area contributed by atoms with Gasteiger partial charge in [-0.05, 0) is 84.0 Å². The molecular formula is C34H30BrClN2O2. The van der Waals surface area contributed by atoms with Crippen LogP contribution in [0.4, 0.5) is 11.4 Å². The van der Waals surface area contributed by atoms with Gasteiger partial charge >= 0.3 is 0 Å². The number of benzene rings is 4. The molecule has 0 spiro atoms. The van der Waals surface area contributed by atoms with E-state index < -0.39 is 0 Å². The number of rotatable bonds is 7. The van der Waals surface area contributed by atoms with E-state index in [1.54, 1.807) is 13.3 Å². The second-order valence-corrected chi connectivity index (χ2v) is 11.7. The van der Waals surface area contributed by atoms with E-state index in [4.69, 9.17) is 26.1 Å². The van der Waals surface area contributed by atoms with Crippen molar-refractivity contribution in [2.75, 3.05) is 12.4 Å². The van der Waals surface area contributed by atoms with E-state index in [-0.39, 0.29) is 6.04 Å². The normalized spacial score (nSPS) is 19.2. The maximum absolute atomic E-state index is 6.60. The van der Waals surface area contributed by atoms with Crippen molar-refractivity contribution in [2.45, 2.75) is 31.9 Å². The monoisotopic (exact) mass is 612 g/mol. The Kier molecular flexibility index (Phi) is 7.68. The van der Waals surface area contributed by atoms with Gasteiger partial charge in [-0.15, -0.1) is 0 Å². The molecule has 202 valence electrons. The number of hydrogen-bond acceptors (Lipinski definition) is 4. The number of aryl methyl sites for hydroxylation is 1. The largest absolute Gasteiger partial charge is 0.493 e. The SMILES string of the molecule is COc1cc(C=Nc2ccc([C@@H]3Nc4ccc(C)cc4[C@H]4C=CC[C@@H]43)cc2)cc(Cl)c1OCc1ccc(Br)cc1. The molecule has 3 atom stereocenters. The summed E-state index contributed by atoms with van der Waals surface area (Å²) >= 11 is 10.1. The Hall–Kier alpha value is -3.54. The van der Waals surface area contributed by atoms with E-state index in [2.05, 4.69) is 82.8 Å². The Morgan fingerprint density at radius 3 is 2.60 bits per heavy atom. The lowest BCUT2D eigenvalue weighted by atomic mass is 9.76. The molecular weight excluding hydrogens is 584 g/mol. The van der Waals surface area contributed by atoms with Crippen LogP contribution in [0.3, 0.4) is 0 Å². The summed E-state index contributed by atoms with van der Waals surface area (Å²) in [5.74, 6) is 2.06. The highest BCUT2D eigenvalue weighted by Gasteiger charge is 2.37. The summed E-state index contributed by atoms with van der Waals surface area (Å²) in [5, 5.41) is 4.29. The van der Waals surface area contributed by atoms with Gasteiger partial charge in [-0.1, -0.05) is 81.6 Å². The fourth-order valence-corrected chi connectivity index (χ4v) is 6.19. The molecule has 4 nitrogen and oxygen atoms in total. The number of nitrogens with zero attached hydrogens (tertiary/aromatic N) is 1. The van der Waals surface area contributed by atoms with E-state index in [0.29, 0.717) is 35.0 Å². The van der Waals surface area contributed by atoms with Crippen molar-refractivity contribution in [3.8, 4) is 11.5 Å². The van der Waals surface area contributed by atoms with Crippen molar-refractivity contribution in [3.63, 3.8) is 0 Å². The first kappa shape index (κ1) is 26.7. The molecule has 0 saturated carbocycles. The van der Waals surface area contributed by atoms with Gasteiger partial charge in [-0.25, -0.2) is 0 Å². The maximum atomic E-state index is 6.60. The van der Waals surface area contributed by atoms with Gasteiger partial charge in [0.05, 0.1) is 23.9 Å². The summed E-state index contributed by atoms with van der Waals surface area (Å²) in [6, 6.07) is 27.2. The van der Waals surface area contributed by atoms with Gasteiger partial charge in [0.2, 0.25) is 0 Å². The number of anilines is 1. The average molecular weight is 614 g/mol. The summed E-state index contributed by atoms with van der Waals surface area (Å²) in [4.78, 5) is 4.71. The zero-order chi connectivity index (χ0) is 27.6. The first-order valence-electron chi connectivity index (χ1n) is 13.4. The molecule has 1 heterocycles. The van der Waals surface area contributed by atoms with Crippen LogP contribution in [0, 0.1) is 12.8 Å². The number of ether oxygens (including phenoxy) is 2. The molecule has 1 aliphatic heterocycles. The second-order valence-electron chi connectivity index (χ2n) is 10.4. The number of nitrogens with one attached hydrogen (secondary N) is 1. The number of aliphatic imine (C=N–C) groups is 1. The maximum Gasteiger partial charge on any atom is 0.180 e. The van der Waals surface area contributed by atoms with Crippen LogP contribution < -0.4 is 14.8 Å². The van der Waals surface area contributed by atoms with Crippen molar-refractivity contribution in [1.82, 2.24) is 0 Å². The molecule has 0 fully saturated rings. The number of hydrogen-bond donors (Lipinski definition) is 1. The Bertz CT molecular complexity index is 1580. The van der Waals surface area contributed by atoms with Gasteiger partial charge in [0.15, 0.2) is 11.5 Å². The molecule has 1 aliphatic carbocycles. The average Bonchev–Trinajstić information content (AvgIpc) is 3.47. The van der Waals surface area contributed by atoms with Crippen LogP contribution >= 0.6 is 27.5 Å². The fraction of sp³-hybridized carbons (Fsp3) is 0.206. The van der Waals surface area contributed by atoms with Gasteiger partial charge in [0, 0.05) is 22.3 Å². The fourth-order valence-electron chi connectivity index (χ4n) is 5.65. The summed E-state index contributed by atoms with van der Waals surface area (Å²) in [6.07, 6.45) is 7.60. The zero-order valence-electron chi connectivity index (χ0n) is 22.4. The minimum absolute atomic E-state index is 0.265. The highest BCUT2D eigenvalue weighted by atomic mass is 79.9. The molecule has 4 aromatic rings. The van der Waals surface area contributed by atoms with Crippen LogP contribution in [-0.4, -0.2) is 13.3 Å². The smallest absolute Gasteiger partial charge is 0.180 e. The lowest BCUT2D eigenvalue weighted by Gasteiger charge is -2.37. The van der Waals surface area contributed by atoms with Gasteiger partial charge in [-0.2, -0.15) is 0 Å². The third-order valence-electron chi connectivity index (χ3n) is 7.68. The van der Waals surface area contributed by atoms with Crippen LogP contribution in [0.2, 0.25) is 5.02 Å². The summed E-state index contributed by atoms with van der Waals surface area (Å²) < 4.78 is 12.6. The third kappa shape index (κ3) is 5.54. The molecule has 0 amide bonds. The van der Waals surface area contributed by atoms with Crippen LogP contribution in [0.25, 0.3) is 0 Å². The topological polar surface area (TPSA) is 42.8 Å². The number of fused-ring (bicyclic) bond motifs is 3. The Morgan fingerprint density at radius 2 is 1.82 bits per heavy atom. The van der Waals surface area contributed by atoms with Crippen LogP contribution in [0.1, 0.15) is 46.2 Å². The van der Waals surface area contributed by atoms with E-state index in [0.717, 1.165) is 27.7 Å². The lowest BCUT2D eigenvalue weighted by Crippen LogP contribution is -2.29. The van der Waals surface area contributed by atoms with Gasteiger partial charge in [-0.3, -0.25) is 4.99 Å². The second kappa shape index (κ2) is 11.5. The van der Waals surface area contributed by atoms with Crippen molar-refractivity contribution in [2.24, 2.45) is 10.9 Å². The minimum Gasteiger partial charge on any atom is -0.493 e. The zero-order valence-corrected chi connectivity index (χ0v) is 24.7. The molecule has 1 N–H and O–H groups in total. The molecule has 6 heteroatoms. The molecule has 0 radical (unpaired) electrons. The Labute approximate surface area is 248 Å². The Balaban J connectivity index is 1.16. The van der Waals surface area contributed by atoms with E-state index in [9.17, 15) is 0 Å². The third-order valence-corrected chi connectivity index (χ3v) is 8.49. The first-order valence-corrected chi connectivity index (χ1v) is 14.6. The summed E-state index contributed by atoms with van der Waals surface area (Å²) in [6.45, 7) is 2.55. The molecule has 2 aliphatic rings. The van der Waals surface area contributed by atoms with E-state index in [1.165, 1.54) is 22.4 Å². The summed E-state index contributed by atoms with van der Waals surface area (Å²) in [7, 11) is 1.61.